The van der Waals surface area contributed by atoms with Crippen LogP contribution in [-0.4, -0.2) is 12.9 Å². The van der Waals surface area contributed by atoms with E-state index in [1.54, 1.807) is 0 Å². The van der Waals surface area contributed by atoms with Gasteiger partial charge in [0.25, 0.3) is 0 Å². The number of carbonyl (C=O) groups excluding carboxylic acids is 1. The molecule has 3 rings (SSSR count). The molecule has 0 amide bonds. The molecule has 0 spiro atoms. The number of benzene rings is 1. The predicted octanol–water partition coefficient (Wildman–Crippen LogP) is 2.66. The highest BCUT2D eigenvalue weighted by atomic mass is 16.5. The highest BCUT2D eigenvalue weighted by Gasteiger charge is 2.40. The van der Waals surface area contributed by atoms with Crippen molar-refractivity contribution in [3.63, 3.8) is 0 Å². The molecule has 0 saturated heterocycles. The van der Waals surface area contributed by atoms with Gasteiger partial charge in [0, 0.05) is 16.9 Å². The van der Waals surface area contributed by atoms with Crippen LogP contribution in [-0.2, 0) is 10.2 Å². The van der Waals surface area contributed by atoms with Crippen molar-refractivity contribution in [1.29, 1.82) is 0 Å². The molecule has 1 aromatic carbocycles. The van der Waals surface area contributed by atoms with Crippen LogP contribution in [0.2, 0.25) is 0 Å². The summed E-state index contributed by atoms with van der Waals surface area (Å²) in [5.41, 5.74) is 2.70. The molecule has 2 nitrogen and oxygen atoms in total. The topological polar surface area (TPSA) is 26.3 Å². The van der Waals surface area contributed by atoms with Crippen LogP contribution >= 0.6 is 0 Å². The Kier molecular flexibility index (Phi) is 1.91. The molecule has 0 N–H and O–H groups in total. The van der Waals surface area contributed by atoms with Gasteiger partial charge >= 0.3 is 0 Å². The van der Waals surface area contributed by atoms with Crippen LogP contribution in [0, 0.1) is 5.92 Å². The van der Waals surface area contributed by atoms with Gasteiger partial charge in [-0.2, -0.15) is 0 Å². The molecule has 1 heterocycles. The molecule has 0 aromatic heterocycles. The molecule has 1 aliphatic carbocycles. The summed E-state index contributed by atoms with van der Waals surface area (Å²) in [6.07, 6.45) is 2.10. The zero-order valence-electron chi connectivity index (χ0n) is 9.69. The fraction of sp³-hybridized carbons (Fsp3) is 0.500. The lowest BCUT2D eigenvalue weighted by Gasteiger charge is -2.15. The smallest absolute Gasteiger partial charge is 0.123 e. The van der Waals surface area contributed by atoms with Gasteiger partial charge in [0.1, 0.15) is 12.0 Å². The summed E-state index contributed by atoms with van der Waals surface area (Å²) in [5.74, 6) is 1.72. The van der Waals surface area contributed by atoms with E-state index < -0.39 is 0 Å². The van der Waals surface area contributed by atoms with E-state index in [2.05, 4.69) is 32.0 Å². The Balaban J connectivity index is 1.97. The number of carbonyl (C=O) groups is 1. The number of hydrogen-bond donors (Lipinski definition) is 0. The van der Waals surface area contributed by atoms with Gasteiger partial charge in [-0.1, -0.05) is 26.0 Å². The maximum Gasteiger partial charge on any atom is 0.123 e. The van der Waals surface area contributed by atoms with Gasteiger partial charge in [-0.05, 0) is 24.0 Å². The molecule has 2 heteroatoms. The van der Waals surface area contributed by atoms with Gasteiger partial charge in [0.2, 0.25) is 0 Å². The minimum absolute atomic E-state index is 0.108. The second-order valence-corrected chi connectivity index (χ2v) is 5.57. The van der Waals surface area contributed by atoms with Crippen molar-refractivity contribution in [2.75, 3.05) is 6.61 Å². The average Bonchev–Trinajstić information content (AvgIpc) is 3.00. The van der Waals surface area contributed by atoms with Crippen LogP contribution in [0.15, 0.2) is 18.2 Å². The van der Waals surface area contributed by atoms with Crippen LogP contribution in [0.25, 0.3) is 0 Å². The predicted molar refractivity (Wildman–Crippen MR) is 61.9 cm³/mol. The minimum atomic E-state index is 0.108. The molecule has 16 heavy (non-hydrogen) atoms. The van der Waals surface area contributed by atoms with Crippen LogP contribution < -0.4 is 4.74 Å². The van der Waals surface area contributed by atoms with Crippen molar-refractivity contribution in [2.24, 2.45) is 5.92 Å². The van der Waals surface area contributed by atoms with Crippen LogP contribution in [0.5, 0.6) is 5.75 Å². The number of aldehydes is 1. The third-order valence-electron chi connectivity index (χ3n) is 3.76. The highest BCUT2D eigenvalue weighted by molar-refractivity contribution is 5.62. The largest absolute Gasteiger partial charge is 0.492 e. The van der Waals surface area contributed by atoms with E-state index in [4.69, 9.17) is 4.74 Å². The van der Waals surface area contributed by atoms with Gasteiger partial charge in [-0.25, -0.2) is 0 Å². The molecule has 1 saturated carbocycles. The number of rotatable bonds is 2. The molecule has 1 aromatic rings. The molecule has 0 bridgehead atoms. The molecule has 2 atom stereocenters. The zero-order valence-corrected chi connectivity index (χ0v) is 9.69. The molecule has 0 unspecified atom stereocenters. The van der Waals surface area contributed by atoms with Gasteiger partial charge in [-0.15, -0.1) is 0 Å². The van der Waals surface area contributed by atoms with Gasteiger partial charge in [-0.3, -0.25) is 0 Å². The Labute approximate surface area is 95.6 Å². The normalized spacial score (nSPS) is 29.4. The summed E-state index contributed by atoms with van der Waals surface area (Å²) in [4.78, 5) is 10.7. The van der Waals surface area contributed by atoms with E-state index in [1.165, 1.54) is 11.1 Å². The third kappa shape index (κ3) is 1.36. The van der Waals surface area contributed by atoms with E-state index >= 15 is 0 Å². The SMILES string of the molecule is CC1(C)COc2ccc([C@H]3C[C@@H]3C=O)cc21. The highest BCUT2D eigenvalue weighted by Crippen LogP contribution is 2.48. The van der Waals surface area contributed by atoms with Gasteiger partial charge in [0.05, 0.1) is 6.61 Å². The Hall–Kier alpha value is -1.31. The Morgan fingerprint density at radius 2 is 2.25 bits per heavy atom. The van der Waals surface area contributed by atoms with E-state index in [0.717, 1.165) is 25.1 Å². The summed E-state index contributed by atoms with van der Waals surface area (Å²) in [6, 6.07) is 6.39. The lowest BCUT2D eigenvalue weighted by molar-refractivity contribution is -0.108. The van der Waals surface area contributed by atoms with Crippen molar-refractivity contribution in [3.05, 3.63) is 29.3 Å². The van der Waals surface area contributed by atoms with Crippen molar-refractivity contribution in [2.45, 2.75) is 31.6 Å². The fourth-order valence-corrected chi connectivity index (χ4v) is 2.52. The monoisotopic (exact) mass is 216 g/mol. The van der Waals surface area contributed by atoms with Crippen LogP contribution in [0.4, 0.5) is 0 Å². The second kappa shape index (κ2) is 3.09. The minimum Gasteiger partial charge on any atom is -0.492 e. The van der Waals surface area contributed by atoms with Gasteiger partial charge in [0.15, 0.2) is 0 Å². The van der Waals surface area contributed by atoms with E-state index in [1.807, 2.05) is 0 Å². The Morgan fingerprint density at radius 3 is 2.94 bits per heavy atom. The lowest BCUT2D eigenvalue weighted by atomic mass is 9.85. The standard InChI is InChI=1S/C14H16O2/c1-14(2)8-16-13-4-3-9(6-12(13)14)11-5-10(11)7-15/h3-4,6-7,10-11H,5,8H2,1-2H3/t10-,11-/m1/s1. The van der Waals surface area contributed by atoms with Crippen LogP contribution in [0.3, 0.4) is 0 Å². The Bertz CT molecular complexity index is 448. The molecular formula is C14H16O2. The van der Waals surface area contributed by atoms with Crippen LogP contribution in [0.1, 0.15) is 37.3 Å². The summed E-state index contributed by atoms with van der Waals surface area (Å²) < 4.78 is 5.65. The summed E-state index contributed by atoms with van der Waals surface area (Å²) >= 11 is 0. The first kappa shape index (κ1) is 9.88. The first-order valence-electron chi connectivity index (χ1n) is 5.84. The maximum atomic E-state index is 10.7. The van der Waals surface area contributed by atoms with E-state index in [9.17, 15) is 4.79 Å². The quantitative estimate of drug-likeness (QED) is 0.710. The first-order chi connectivity index (χ1) is 7.62. The second-order valence-electron chi connectivity index (χ2n) is 5.57. The number of fused-ring (bicyclic) bond motifs is 1. The van der Waals surface area contributed by atoms with Crippen molar-refractivity contribution >= 4 is 6.29 Å². The molecule has 1 fully saturated rings. The third-order valence-corrected chi connectivity index (χ3v) is 3.76. The Morgan fingerprint density at radius 1 is 1.44 bits per heavy atom. The summed E-state index contributed by atoms with van der Waals surface area (Å²) in [6.45, 7) is 5.16. The molecule has 0 radical (unpaired) electrons. The fourth-order valence-electron chi connectivity index (χ4n) is 2.52. The number of hydrogen-bond acceptors (Lipinski definition) is 2. The molecule has 1 aliphatic heterocycles. The lowest BCUT2D eigenvalue weighted by Crippen LogP contribution is -2.18. The maximum absolute atomic E-state index is 10.7. The van der Waals surface area contributed by atoms with E-state index in [-0.39, 0.29) is 11.3 Å². The molecular weight excluding hydrogens is 200 g/mol. The molecule has 84 valence electrons. The average molecular weight is 216 g/mol. The van der Waals surface area contributed by atoms with E-state index in [0.29, 0.717) is 5.92 Å². The molecule has 2 aliphatic rings. The van der Waals surface area contributed by atoms with Crippen molar-refractivity contribution in [1.82, 2.24) is 0 Å². The summed E-state index contributed by atoms with van der Waals surface area (Å²) in [5, 5.41) is 0. The van der Waals surface area contributed by atoms with Crippen molar-refractivity contribution in [3.8, 4) is 5.75 Å². The summed E-state index contributed by atoms with van der Waals surface area (Å²) in [7, 11) is 0. The van der Waals surface area contributed by atoms with Gasteiger partial charge < -0.3 is 9.53 Å². The first-order valence-corrected chi connectivity index (χ1v) is 5.84. The number of ether oxygens (including phenoxy) is 1. The zero-order chi connectivity index (χ0) is 11.3. The van der Waals surface area contributed by atoms with Crippen molar-refractivity contribution < 1.29 is 9.53 Å².